The molecule has 1 aliphatic heterocycles. The average Bonchev–Trinajstić information content (AvgIpc) is 2.74. The lowest BCUT2D eigenvalue weighted by Crippen LogP contribution is -2.41. The molecule has 142 valence electrons. The number of nitrogens with zero attached hydrogens (tertiary/aromatic N) is 2. The number of fused-ring (bicyclic) bond motifs is 1. The third-order valence-electron chi connectivity index (χ3n) is 5.13. The van der Waals surface area contributed by atoms with Crippen molar-refractivity contribution in [1.29, 1.82) is 0 Å². The zero-order chi connectivity index (χ0) is 19.5. The highest BCUT2D eigenvalue weighted by atomic mass is 79.9. The van der Waals surface area contributed by atoms with E-state index in [1.54, 1.807) is 6.20 Å². The highest BCUT2D eigenvalue weighted by molar-refractivity contribution is 9.10. The van der Waals surface area contributed by atoms with Gasteiger partial charge in [-0.15, -0.1) is 0 Å². The number of carbonyl (C=O) groups excluding carboxylic acids is 2. The van der Waals surface area contributed by atoms with Crippen molar-refractivity contribution in [2.75, 3.05) is 18.4 Å². The third-order valence-corrected chi connectivity index (χ3v) is 5.66. The number of aromatic nitrogens is 1. The Morgan fingerprint density at radius 2 is 1.71 bits per heavy atom. The second kappa shape index (κ2) is 8.10. The summed E-state index contributed by atoms with van der Waals surface area (Å²) >= 11 is 3.39. The summed E-state index contributed by atoms with van der Waals surface area (Å²) in [6, 6.07) is 17.0. The SMILES string of the molecule is O=C(Nc1ccc(Br)cc1)C1CCN(C(=O)c2cccc3cccnc23)CC1. The van der Waals surface area contributed by atoms with Crippen LogP contribution in [0.4, 0.5) is 5.69 Å². The molecule has 2 amide bonds. The summed E-state index contributed by atoms with van der Waals surface area (Å²) in [7, 11) is 0. The van der Waals surface area contributed by atoms with Crippen LogP contribution in [-0.4, -0.2) is 34.8 Å². The Labute approximate surface area is 171 Å². The maximum atomic E-state index is 13.0. The number of para-hydroxylation sites is 1. The Hall–Kier alpha value is -2.73. The number of hydrogen-bond donors (Lipinski definition) is 1. The normalized spacial score (nSPS) is 14.8. The Balaban J connectivity index is 1.40. The first kappa shape index (κ1) is 18.6. The van der Waals surface area contributed by atoms with E-state index in [2.05, 4.69) is 26.2 Å². The molecule has 1 fully saturated rings. The number of benzene rings is 2. The second-order valence-corrected chi connectivity index (χ2v) is 7.86. The molecule has 0 aliphatic carbocycles. The molecule has 28 heavy (non-hydrogen) atoms. The van der Waals surface area contributed by atoms with Gasteiger partial charge in [-0.25, -0.2) is 0 Å². The van der Waals surface area contributed by atoms with Crippen molar-refractivity contribution in [3.05, 3.63) is 70.8 Å². The molecular formula is C22H20BrN3O2. The first-order chi connectivity index (χ1) is 13.6. The molecule has 0 atom stereocenters. The van der Waals surface area contributed by atoms with Gasteiger partial charge in [0, 0.05) is 40.8 Å². The molecule has 0 unspecified atom stereocenters. The molecule has 0 radical (unpaired) electrons. The maximum Gasteiger partial charge on any atom is 0.256 e. The minimum absolute atomic E-state index is 0.0150. The lowest BCUT2D eigenvalue weighted by molar-refractivity contribution is -0.121. The van der Waals surface area contributed by atoms with Crippen LogP contribution in [0.2, 0.25) is 0 Å². The lowest BCUT2D eigenvalue weighted by Gasteiger charge is -2.31. The summed E-state index contributed by atoms with van der Waals surface area (Å²) in [5, 5.41) is 3.92. The van der Waals surface area contributed by atoms with Crippen LogP contribution >= 0.6 is 15.9 Å². The van der Waals surface area contributed by atoms with Gasteiger partial charge in [-0.2, -0.15) is 0 Å². The number of rotatable bonds is 3. The molecule has 1 saturated heterocycles. The van der Waals surface area contributed by atoms with Crippen molar-refractivity contribution >= 4 is 44.3 Å². The number of nitrogens with one attached hydrogen (secondary N) is 1. The van der Waals surface area contributed by atoms with E-state index in [9.17, 15) is 9.59 Å². The van der Waals surface area contributed by atoms with E-state index >= 15 is 0 Å². The molecule has 6 heteroatoms. The quantitative estimate of drug-likeness (QED) is 0.656. The van der Waals surface area contributed by atoms with Gasteiger partial charge >= 0.3 is 0 Å². The van der Waals surface area contributed by atoms with Crippen LogP contribution in [0.3, 0.4) is 0 Å². The van der Waals surface area contributed by atoms with Gasteiger partial charge in [0.1, 0.15) is 0 Å². The summed E-state index contributed by atoms with van der Waals surface area (Å²) in [5.41, 5.74) is 2.13. The first-order valence-corrected chi connectivity index (χ1v) is 10.1. The molecule has 2 heterocycles. The van der Waals surface area contributed by atoms with Crippen molar-refractivity contribution in [1.82, 2.24) is 9.88 Å². The van der Waals surface area contributed by atoms with Crippen molar-refractivity contribution in [2.45, 2.75) is 12.8 Å². The van der Waals surface area contributed by atoms with Crippen LogP contribution < -0.4 is 5.32 Å². The fourth-order valence-electron chi connectivity index (χ4n) is 3.57. The predicted molar refractivity (Wildman–Crippen MR) is 113 cm³/mol. The van der Waals surface area contributed by atoms with Gasteiger partial charge in [0.05, 0.1) is 11.1 Å². The Bertz CT molecular complexity index is 1010. The van der Waals surface area contributed by atoms with Crippen LogP contribution in [0.25, 0.3) is 10.9 Å². The first-order valence-electron chi connectivity index (χ1n) is 9.31. The molecule has 4 rings (SSSR count). The van der Waals surface area contributed by atoms with Gasteiger partial charge in [-0.1, -0.05) is 34.1 Å². The van der Waals surface area contributed by atoms with Crippen molar-refractivity contribution in [3.8, 4) is 0 Å². The highest BCUT2D eigenvalue weighted by Crippen LogP contribution is 2.24. The van der Waals surface area contributed by atoms with Crippen molar-refractivity contribution < 1.29 is 9.59 Å². The molecule has 2 aromatic carbocycles. The molecule has 0 spiro atoms. The summed E-state index contributed by atoms with van der Waals surface area (Å²) in [6.07, 6.45) is 3.02. The van der Waals surface area contributed by atoms with E-state index in [1.807, 2.05) is 59.5 Å². The fraction of sp³-hybridized carbons (Fsp3) is 0.227. The Kier molecular flexibility index (Phi) is 5.39. The van der Waals surface area contributed by atoms with Gasteiger partial charge in [-0.3, -0.25) is 14.6 Å². The van der Waals surface area contributed by atoms with Crippen molar-refractivity contribution in [3.63, 3.8) is 0 Å². The molecule has 0 saturated carbocycles. The number of hydrogen-bond acceptors (Lipinski definition) is 3. The summed E-state index contributed by atoms with van der Waals surface area (Å²) in [6.45, 7) is 1.14. The smallest absolute Gasteiger partial charge is 0.256 e. The van der Waals surface area contributed by atoms with Crippen LogP contribution in [0.1, 0.15) is 23.2 Å². The monoisotopic (exact) mass is 437 g/mol. The van der Waals surface area contributed by atoms with E-state index in [0.29, 0.717) is 31.5 Å². The summed E-state index contributed by atoms with van der Waals surface area (Å²) in [5.74, 6) is -0.0874. The average molecular weight is 438 g/mol. The summed E-state index contributed by atoms with van der Waals surface area (Å²) < 4.78 is 0.972. The van der Waals surface area contributed by atoms with Crippen LogP contribution in [-0.2, 0) is 4.79 Å². The number of anilines is 1. The molecule has 3 aromatic rings. The number of piperidine rings is 1. The Morgan fingerprint density at radius 3 is 2.46 bits per heavy atom. The van der Waals surface area contributed by atoms with Gasteiger partial charge in [0.25, 0.3) is 5.91 Å². The van der Waals surface area contributed by atoms with Gasteiger partial charge in [0.2, 0.25) is 5.91 Å². The molecule has 1 aromatic heterocycles. The number of halogens is 1. The number of amides is 2. The number of pyridine rings is 1. The number of carbonyl (C=O) groups is 2. The predicted octanol–water partition coefficient (Wildman–Crippen LogP) is 4.49. The summed E-state index contributed by atoms with van der Waals surface area (Å²) in [4.78, 5) is 31.7. The van der Waals surface area contributed by atoms with Crippen molar-refractivity contribution in [2.24, 2.45) is 5.92 Å². The minimum Gasteiger partial charge on any atom is -0.339 e. The van der Waals surface area contributed by atoms with Gasteiger partial charge in [0.15, 0.2) is 0 Å². The Morgan fingerprint density at radius 1 is 1.00 bits per heavy atom. The molecule has 0 bridgehead atoms. The second-order valence-electron chi connectivity index (χ2n) is 6.94. The topological polar surface area (TPSA) is 62.3 Å². The van der Waals surface area contributed by atoms with E-state index < -0.39 is 0 Å². The molecule has 1 N–H and O–H groups in total. The zero-order valence-electron chi connectivity index (χ0n) is 15.3. The van der Waals surface area contributed by atoms with Gasteiger partial charge in [-0.05, 0) is 49.2 Å². The van der Waals surface area contributed by atoms with E-state index in [4.69, 9.17) is 0 Å². The fourth-order valence-corrected chi connectivity index (χ4v) is 3.83. The van der Waals surface area contributed by atoms with Crippen LogP contribution in [0.5, 0.6) is 0 Å². The van der Waals surface area contributed by atoms with Gasteiger partial charge < -0.3 is 10.2 Å². The minimum atomic E-state index is -0.0849. The largest absolute Gasteiger partial charge is 0.339 e. The van der Waals surface area contributed by atoms with E-state index in [0.717, 1.165) is 21.1 Å². The standard InChI is InChI=1S/C22H20BrN3O2/c23-17-6-8-18(9-7-17)25-21(27)16-10-13-26(14-11-16)22(28)19-5-1-3-15-4-2-12-24-20(15)19/h1-9,12,16H,10-11,13-14H2,(H,25,27). The molecule has 1 aliphatic rings. The highest BCUT2D eigenvalue weighted by Gasteiger charge is 2.28. The zero-order valence-corrected chi connectivity index (χ0v) is 16.9. The van der Waals surface area contributed by atoms with E-state index in [-0.39, 0.29) is 17.7 Å². The molecule has 5 nitrogen and oxygen atoms in total. The number of likely N-dealkylation sites (tertiary alicyclic amines) is 1. The maximum absolute atomic E-state index is 13.0. The third kappa shape index (κ3) is 3.92. The van der Waals surface area contributed by atoms with Crippen LogP contribution in [0.15, 0.2) is 65.3 Å². The lowest BCUT2D eigenvalue weighted by atomic mass is 9.95. The van der Waals surface area contributed by atoms with E-state index in [1.165, 1.54) is 0 Å². The van der Waals surface area contributed by atoms with Crippen LogP contribution in [0, 0.1) is 5.92 Å². The molecular weight excluding hydrogens is 418 g/mol.